The van der Waals surface area contributed by atoms with E-state index in [1.165, 1.54) is 6.33 Å². The van der Waals surface area contributed by atoms with E-state index in [4.69, 9.17) is 16.3 Å². The van der Waals surface area contributed by atoms with Crippen LogP contribution in [0.2, 0.25) is 5.15 Å². The van der Waals surface area contributed by atoms with E-state index in [1.807, 2.05) is 24.3 Å². The van der Waals surface area contributed by atoms with Gasteiger partial charge in [-0.25, -0.2) is 9.97 Å². The molecule has 0 spiro atoms. The number of nitrogens with zero attached hydrogens (tertiary/aromatic N) is 2. The standard InChI is InChI=1S/C13H12ClN3O/c1-2-6-18-11-5-3-4-10(7-11)17-13-8-12(14)15-9-16-13/h2-5,7-9H,1,6H2,(H,15,16,17). The van der Waals surface area contributed by atoms with Crippen LogP contribution < -0.4 is 10.1 Å². The molecule has 0 saturated carbocycles. The van der Waals surface area contributed by atoms with E-state index in [2.05, 4.69) is 21.9 Å². The summed E-state index contributed by atoms with van der Waals surface area (Å²) in [5, 5.41) is 3.52. The maximum absolute atomic E-state index is 5.78. The van der Waals surface area contributed by atoms with Gasteiger partial charge in [0.25, 0.3) is 0 Å². The summed E-state index contributed by atoms with van der Waals surface area (Å²) in [6.07, 6.45) is 3.10. The second-order valence-corrected chi connectivity index (χ2v) is 3.87. The third kappa shape index (κ3) is 3.46. The molecule has 18 heavy (non-hydrogen) atoms. The lowest BCUT2D eigenvalue weighted by Gasteiger charge is -2.08. The number of benzene rings is 1. The van der Waals surface area contributed by atoms with Gasteiger partial charge in [0.1, 0.15) is 29.7 Å². The molecule has 1 aromatic heterocycles. The minimum Gasteiger partial charge on any atom is -0.489 e. The molecule has 1 N–H and O–H groups in total. The zero-order chi connectivity index (χ0) is 12.8. The smallest absolute Gasteiger partial charge is 0.135 e. The Morgan fingerprint density at radius 1 is 1.33 bits per heavy atom. The van der Waals surface area contributed by atoms with E-state index >= 15 is 0 Å². The van der Waals surface area contributed by atoms with E-state index in [1.54, 1.807) is 12.1 Å². The summed E-state index contributed by atoms with van der Waals surface area (Å²) in [5.74, 6) is 1.40. The van der Waals surface area contributed by atoms with E-state index in [0.717, 1.165) is 11.4 Å². The number of nitrogens with one attached hydrogen (secondary N) is 1. The summed E-state index contributed by atoms with van der Waals surface area (Å²) < 4.78 is 5.44. The molecule has 1 aromatic carbocycles. The van der Waals surface area contributed by atoms with Gasteiger partial charge in [-0.05, 0) is 12.1 Å². The van der Waals surface area contributed by atoms with Crippen molar-refractivity contribution in [3.05, 3.63) is 54.5 Å². The maximum atomic E-state index is 5.78. The van der Waals surface area contributed by atoms with Crippen LogP contribution in [0, 0.1) is 0 Å². The van der Waals surface area contributed by atoms with Crippen LogP contribution >= 0.6 is 11.6 Å². The third-order valence-electron chi connectivity index (χ3n) is 2.11. The average molecular weight is 262 g/mol. The number of ether oxygens (including phenoxy) is 1. The summed E-state index contributed by atoms with van der Waals surface area (Å²) in [4.78, 5) is 7.88. The fraction of sp³-hybridized carbons (Fsp3) is 0.0769. The molecule has 0 saturated heterocycles. The Kier molecular flexibility index (Phi) is 4.15. The molecule has 0 fully saturated rings. The first-order valence-corrected chi connectivity index (χ1v) is 5.74. The summed E-state index contributed by atoms with van der Waals surface area (Å²) >= 11 is 5.78. The van der Waals surface area contributed by atoms with Crippen LogP contribution in [0.15, 0.2) is 49.3 Å². The second-order valence-electron chi connectivity index (χ2n) is 3.48. The normalized spacial score (nSPS) is 9.83. The summed E-state index contributed by atoms with van der Waals surface area (Å²) in [7, 11) is 0. The molecule has 92 valence electrons. The van der Waals surface area contributed by atoms with Crippen molar-refractivity contribution >= 4 is 23.1 Å². The van der Waals surface area contributed by atoms with Crippen LogP contribution in [-0.4, -0.2) is 16.6 Å². The van der Waals surface area contributed by atoms with E-state index < -0.39 is 0 Å². The minimum absolute atomic E-state index is 0.395. The molecule has 5 heteroatoms. The highest BCUT2D eigenvalue weighted by molar-refractivity contribution is 6.29. The van der Waals surface area contributed by atoms with Gasteiger partial charge in [-0.2, -0.15) is 0 Å². The Balaban J connectivity index is 2.11. The number of anilines is 2. The molecule has 2 rings (SSSR count). The SMILES string of the molecule is C=CCOc1cccc(Nc2cc(Cl)ncn2)c1. The Hall–Kier alpha value is -2.07. The van der Waals surface area contributed by atoms with Crippen molar-refractivity contribution in [2.75, 3.05) is 11.9 Å². The van der Waals surface area contributed by atoms with Gasteiger partial charge in [-0.3, -0.25) is 0 Å². The predicted octanol–water partition coefficient (Wildman–Crippen LogP) is 3.44. The van der Waals surface area contributed by atoms with Gasteiger partial charge >= 0.3 is 0 Å². The lowest BCUT2D eigenvalue weighted by molar-refractivity contribution is 0.363. The quantitative estimate of drug-likeness (QED) is 0.662. The molecule has 0 unspecified atom stereocenters. The third-order valence-corrected chi connectivity index (χ3v) is 2.31. The van der Waals surface area contributed by atoms with Crippen molar-refractivity contribution in [3.63, 3.8) is 0 Å². The van der Waals surface area contributed by atoms with Crippen LogP contribution in [0.3, 0.4) is 0 Å². The first kappa shape index (κ1) is 12.4. The summed E-state index contributed by atoms with van der Waals surface area (Å²) in [6.45, 7) is 4.08. The van der Waals surface area contributed by atoms with Gasteiger partial charge in [-0.15, -0.1) is 0 Å². The summed E-state index contributed by atoms with van der Waals surface area (Å²) in [6, 6.07) is 9.21. The van der Waals surface area contributed by atoms with Crippen molar-refractivity contribution in [2.45, 2.75) is 0 Å². The van der Waals surface area contributed by atoms with Crippen LogP contribution in [0.25, 0.3) is 0 Å². The van der Waals surface area contributed by atoms with Crippen molar-refractivity contribution in [1.82, 2.24) is 9.97 Å². The van der Waals surface area contributed by atoms with Crippen LogP contribution in [-0.2, 0) is 0 Å². The fourth-order valence-electron chi connectivity index (χ4n) is 1.37. The highest BCUT2D eigenvalue weighted by Gasteiger charge is 1.99. The Bertz CT molecular complexity index is 545. The van der Waals surface area contributed by atoms with Gasteiger partial charge in [0.2, 0.25) is 0 Å². The van der Waals surface area contributed by atoms with Gasteiger partial charge in [0.05, 0.1) is 0 Å². The van der Waals surface area contributed by atoms with Crippen molar-refractivity contribution in [1.29, 1.82) is 0 Å². The lowest BCUT2D eigenvalue weighted by Crippen LogP contribution is -1.96. The summed E-state index contributed by atoms with van der Waals surface area (Å²) in [5.41, 5.74) is 0.867. The highest BCUT2D eigenvalue weighted by atomic mass is 35.5. The predicted molar refractivity (Wildman–Crippen MR) is 72.5 cm³/mol. The monoisotopic (exact) mass is 261 g/mol. The zero-order valence-electron chi connectivity index (χ0n) is 9.64. The minimum atomic E-state index is 0.395. The molecular weight excluding hydrogens is 250 g/mol. The number of hydrogen-bond acceptors (Lipinski definition) is 4. The van der Waals surface area contributed by atoms with Gasteiger partial charge in [-0.1, -0.05) is 30.3 Å². The molecule has 4 nitrogen and oxygen atoms in total. The second kappa shape index (κ2) is 6.02. The molecule has 0 aliphatic heterocycles. The molecule has 0 radical (unpaired) electrons. The van der Waals surface area contributed by atoms with E-state index in [0.29, 0.717) is 17.6 Å². The lowest BCUT2D eigenvalue weighted by atomic mass is 10.3. The fourth-order valence-corrected chi connectivity index (χ4v) is 1.52. The molecule has 0 bridgehead atoms. The Labute approximate surface area is 110 Å². The number of aromatic nitrogens is 2. The molecule has 0 aliphatic rings. The highest BCUT2D eigenvalue weighted by Crippen LogP contribution is 2.21. The van der Waals surface area contributed by atoms with Crippen molar-refractivity contribution in [2.24, 2.45) is 0 Å². The number of hydrogen-bond donors (Lipinski definition) is 1. The molecule has 2 aromatic rings. The molecule has 0 amide bonds. The van der Waals surface area contributed by atoms with Crippen molar-refractivity contribution in [3.8, 4) is 5.75 Å². The van der Waals surface area contributed by atoms with Gasteiger partial charge in [0, 0.05) is 17.8 Å². The average Bonchev–Trinajstić information content (AvgIpc) is 2.37. The Morgan fingerprint density at radius 3 is 3.00 bits per heavy atom. The maximum Gasteiger partial charge on any atom is 0.135 e. The largest absolute Gasteiger partial charge is 0.489 e. The van der Waals surface area contributed by atoms with Crippen molar-refractivity contribution < 1.29 is 4.74 Å². The van der Waals surface area contributed by atoms with E-state index in [-0.39, 0.29) is 0 Å². The van der Waals surface area contributed by atoms with Gasteiger partial charge < -0.3 is 10.1 Å². The first-order chi connectivity index (χ1) is 8.78. The molecule has 0 atom stereocenters. The Morgan fingerprint density at radius 2 is 2.22 bits per heavy atom. The van der Waals surface area contributed by atoms with E-state index in [9.17, 15) is 0 Å². The number of halogens is 1. The van der Waals surface area contributed by atoms with Crippen LogP contribution in [0.4, 0.5) is 11.5 Å². The van der Waals surface area contributed by atoms with Gasteiger partial charge in [0.15, 0.2) is 0 Å². The molecular formula is C13H12ClN3O. The molecule has 0 aliphatic carbocycles. The first-order valence-electron chi connectivity index (χ1n) is 5.36. The van der Waals surface area contributed by atoms with Crippen LogP contribution in [0.1, 0.15) is 0 Å². The zero-order valence-corrected chi connectivity index (χ0v) is 10.4. The van der Waals surface area contributed by atoms with Crippen LogP contribution in [0.5, 0.6) is 5.75 Å². The molecule has 1 heterocycles. The topological polar surface area (TPSA) is 47.0 Å². The number of rotatable bonds is 5.